The molecule has 0 bridgehead atoms. The highest BCUT2D eigenvalue weighted by Crippen LogP contribution is 2.31. The average Bonchev–Trinajstić information content (AvgIpc) is 2.60. The summed E-state index contributed by atoms with van der Waals surface area (Å²) in [5.74, 6) is 0. The molecule has 0 saturated carbocycles. The summed E-state index contributed by atoms with van der Waals surface area (Å²) in [4.78, 5) is 0. The molecule has 0 spiro atoms. The van der Waals surface area contributed by atoms with Crippen LogP contribution in [0.3, 0.4) is 0 Å². The molecule has 0 radical (unpaired) electrons. The maximum Gasteiger partial charge on any atom is 0.0270 e. The van der Waals surface area contributed by atoms with E-state index >= 15 is 0 Å². The van der Waals surface area contributed by atoms with Crippen molar-refractivity contribution < 1.29 is 0 Å². The molecule has 2 N–H and O–H groups in total. The van der Waals surface area contributed by atoms with Gasteiger partial charge in [-0.2, -0.15) is 0 Å². The molecule has 148 valence electrons. The Bertz CT molecular complexity index is 527. The summed E-state index contributed by atoms with van der Waals surface area (Å²) >= 11 is 0. The van der Waals surface area contributed by atoms with Crippen LogP contribution in [-0.2, 0) is 5.41 Å². The monoisotopic (exact) mass is 358 g/mol. The van der Waals surface area contributed by atoms with Gasteiger partial charge in [-0.15, -0.1) is 0 Å². The van der Waals surface area contributed by atoms with Crippen molar-refractivity contribution in [1.82, 2.24) is 10.6 Å². The van der Waals surface area contributed by atoms with Gasteiger partial charge in [0.15, 0.2) is 0 Å². The Morgan fingerprint density at radius 2 is 1.81 bits per heavy atom. The maximum absolute atomic E-state index is 4.33. The lowest BCUT2D eigenvalue weighted by atomic mass is 9.78. The minimum Gasteiger partial charge on any atom is -0.386 e. The van der Waals surface area contributed by atoms with Gasteiger partial charge in [0, 0.05) is 17.8 Å². The second kappa shape index (κ2) is 11.4. The third-order valence-electron chi connectivity index (χ3n) is 5.53. The quantitative estimate of drug-likeness (QED) is 0.445. The molecule has 0 aliphatic carbocycles. The number of nitrogens with one attached hydrogen (secondary N) is 2. The van der Waals surface area contributed by atoms with E-state index in [2.05, 4.69) is 83.0 Å². The van der Waals surface area contributed by atoms with Crippen LogP contribution in [0.5, 0.6) is 0 Å². The minimum atomic E-state index is 0.173. The van der Waals surface area contributed by atoms with Gasteiger partial charge in [0.2, 0.25) is 0 Å². The standard InChI is InChI=1S/C24H42N2/c1-8-13-22(25-10-3)18-21(9-2)26-20(5)16-17-24(6,7)23-15-12-11-14-19(23)4/h11-12,14-15,21-22,25-26H,5,8-10,13,16-18H2,1-4,6-7H3. The van der Waals surface area contributed by atoms with E-state index in [-0.39, 0.29) is 5.41 Å². The van der Waals surface area contributed by atoms with Gasteiger partial charge in [-0.25, -0.2) is 0 Å². The highest BCUT2D eigenvalue weighted by molar-refractivity contribution is 5.32. The van der Waals surface area contributed by atoms with Crippen LogP contribution in [0.4, 0.5) is 0 Å². The molecule has 1 aromatic carbocycles. The molecule has 26 heavy (non-hydrogen) atoms. The summed E-state index contributed by atoms with van der Waals surface area (Å²) in [6.07, 6.45) is 6.95. The van der Waals surface area contributed by atoms with Crippen LogP contribution in [0.2, 0.25) is 0 Å². The van der Waals surface area contributed by atoms with E-state index in [9.17, 15) is 0 Å². The van der Waals surface area contributed by atoms with Crippen LogP contribution in [-0.4, -0.2) is 18.6 Å². The van der Waals surface area contributed by atoms with Gasteiger partial charge in [-0.05, 0) is 62.1 Å². The summed E-state index contributed by atoms with van der Waals surface area (Å²) < 4.78 is 0. The first-order valence-electron chi connectivity index (χ1n) is 10.6. The Kier molecular flexibility index (Phi) is 10.0. The fourth-order valence-corrected chi connectivity index (χ4v) is 3.90. The summed E-state index contributed by atoms with van der Waals surface area (Å²) in [5, 5.41) is 7.35. The topological polar surface area (TPSA) is 24.1 Å². The Morgan fingerprint density at radius 3 is 2.38 bits per heavy atom. The number of rotatable bonds is 13. The van der Waals surface area contributed by atoms with Gasteiger partial charge in [0.1, 0.15) is 0 Å². The van der Waals surface area contributed by atoms with E-state index in [0.29, 0.717) is 12.1 Å². The molecule has 2 heteroatoms. The minimum absolute atomic E-state index is 0.173. The van der Waals surface area contributed by atoms with Gasteiger partial charge in [0.25, 0.3) is 0 Å². The van der Waals surface area contributed by atoms with Crippen molar-refractivity contribution in [2.75, 3.05) is 6.54 Å². The van der Waals surface area contributed by atoms with Gasteiger partial charge < -0.3 is 10.6 Å². The molecule has 1 aromatic rings. The molecule has 0 aliphatic heterocycles. The molecule has 2 atom stereocenters. The van der Waals surface area contributed by atoms with Crippen LogP contribution in [0.15, 0.2) is 36.5 Å². The molecule has 1 rings (SSSR count). The first-order valence-corrected chi connectivity index (χ1v) is 10.6. The Morgan fingerprint density at radius 1 is 1.12 bits per heavy atom. The predicted molar refractivity (Wildman–Crippen MR) is 117 cm³/mol. The summed E-state index contributed by atoms with van der Waals surface area (Å²) in [6.45, 7) is 19.0. The molecule has 0 amide bonds. The summed E-state index contributed by atoms with van der Waals surface area (Å²) in [5.41, 5.74) is 4.20. The number of hydrogen-bond donors (Lipinski definition) is 2. The van der Waals surface area contributed by atoms with Crippen LogP contribution < -0.4 is 10.6 Å². The number of allylic oxidation sites excluding steroid dienone is 1. The molecule has 0 fully saturated rings. The zero-order valence-corrected chi connectivity index (χ0v) is 18.1. The smallest absolute Gasteiger partial charge is 0.0270 e. The van der Waals surface area contributed by atoms with Crippen LogP contribution in [0, 0.1) is 6.92 Å². The van der Waals surface area contributed by atoms with Crippen molar-refractivity contribution in [3.8, 4) is 0 Å². The molecule has 2 nitrogen and oxygen atoms in total. The second-order valence-corrected chi connectivity index (χ2v) is 8.33. The highest BCUT2D eigenvalue weighted by atomic mass is 15.0. The Balaban J connectivity index is 2.57. The molecular weight excluding hydrogens is 316 g/mol. The van der Waals surface area contributed by atoms with Crippen molar-refractivity contribution in [3.63, 3.8) is 0 Å². The molecule has 0 heterocycles. The van der Waals surface area contributed by atoms with E-state index in [1.165, 1.54) is 36.1 Å². The Hall–Kier alpha value is -1.28. The molecular formula is C24H42N2. The lowest BCUT2D eigenvalue weighted by molar-refractivity contribution is 0.381. The zero-order valence-electron chi connectivity index (χ0n) is 18.1. The van der Waals surface area contributed by atoms with Crippen molar-refractivity contribution >= 4 is 0 Å². The van der Waals surface area contributed by atoms with Crippen LogP contribution >= 0.6 is 0 Å². The summed E-state index contributed by atoms with van der Waals surface area (Å²) in [7, 11) is 0. The van der Waals surface area contributed by atoms with Crippen LogP contribution in [0.25, 0.3) is 0 Å². The van der Waals surface area contributed by atoms with E-state index in [0.717, 1.165) is 25.8 Å². The van der Waals surface area contributed by atoms with E-state index in [1.807, 2.05) is 0 Å². The lowest BCUT2D eigenvalue weighted by Gasteiger charge is -2.29. The number of aryl methyl sites for hydroxylation is 1. The molecule has 2 unspecified atom stereocenters. The first-order chi connectivity index (χ1) is 12.3. The molecule has 0 aliphatic rings. The van der Waals surface area contributed by atoms with Crippen molar-refractivity contribution in [3.05, 3.63) is 47.7 Å². The fraction of sp³-hybridized carbons (Fsp3) is 0.667. The number of benzene rings is 1. The van der Waals surface area contributed by atoms with Crippen molar-refractivity contribution in [2.24, 2.45) is 0 Å². The summed E-state index contributed by atoms with van der Waals surface area (Å²) in [6, 6.07) is 9.88. The normalized spacial score (nSPS) is 14.1. The van der Waals surface area contributed by atoms with Gasteiger partial charge in [-0.3, -0.25) is 0 Å². The second-order valence-electron chi connectivity index (χ2n) is 8.33. The maximum atomic E-state index is 4.33. The van der Waals surface area contributed by atoms with Gasteiger partial charge in [0.05, 0.1) is 0 Å². The van der Waals surface area contributed by atoms with Crippen molar-refractivity contribution in [1.29, 1.82) is 0 Å². The van der Waals surface area contributed by atoms with Gasteiger partial charge in [-0.1, -0.05) is 71.9 Å². The zero-order chi connectivity index (χ0) is 19.6. The van der Waals surface area contributed by atoms with E-state index in [4.69, 9.17) is 0 Å². The molecule has 0 saturated heterocycles. The largest absolute Gasteiger partial charge is 0.386 e. The first kappa shape index (κ1) is 22.8. The lowest BCUT2D eigenvalue weighted by Crippen LogP contribution is -2.38. The molecule has 0 aromatic heterocycles. The third kappa shape index (κ3) is 7.53. The third-order valence-corrected chi connectivity index (χ3v) is 5.53. The number of hydrogen-bond acceptors (Lipinski definition) is 2. The fourth-order valence-electron chi connectivity index (χ4n) is 3.90. The average molecular weight is 359 g/mol. The van der Waals surface area contributed by atoms with Crippen molar-refractivity contribution in [2.45, 2.75) is 97.6 Å². The predicted octanol–water partition coefficient (Wildman–Crippen LogP) is 6.10. The van der Waals surface area contributed by atoms with E-state index in [1.54, 1.807) is 0 Å². The van der Waals surface area contributed by atoms with E-state index < -0.39 is 0 Å². The Labute approximate surface area is 162 Å². The SMILES string of the molecule is C=C(CCC(C)(C)c1ccccc1C)NC(CC)CC(CCC)NCC. The van der Waals surface area contributed by atoms with Crippen LogP contribution in [0.1, 0.15) is 84.3 Å². The van der Waals surface area contributed by atoms with Gasteiger partial charge >= 0.3 is 0 Å². The highest BCUT2D eigenvalue weighted by Gasteiger charge is 2.22.